The summed E-state index contributed by atoms with van der Waals surface area (Å²) >= 11 is 1.73. The zero-order valence-corrected chi connectivity index (χ0v) is 16.2. The van der Waals surface area contributed by atoms with Crippen molar-refractivity contribution in [1.29, 1.82) is 5.26 Å². The molecule has 136 valence electrons. The van der Waals surface area contributed by atoms with Gasteiger partial charge in [-0.25, -0.2) is 0 Å². The minimum absolute atomic E-state index is 0.157. The molecule has 2 aromatic rings. The van der Waals surface area contributed by atoms with Crippen LogP contribution < -0.4 is 4.90 Å². The fourth-order valence-corrected chi connectivity index (χ4v) is 4.13. The van der Waals surface area contributed by atoms with E-state index in [4.69, 9.17) is 5.26 Å². The molecule has 3 heterocycles. The number of nitrogens with zero attached hydrogens (tertiary/aromatic N) is 5. The summed E-state index contributed by atoms with van der Waals surface area (Å²) in [7, 11) is 0. The monoisotopic (exact) mass is 369 g/mol. The highest BCUT2D eigenvalue weighted by atomic mass is 32.1. The van der Waals surface area contributed by atoms with Gasteiger partial charge in [-0.1, -0.05) is 13.8 Å². The number of rotatable bonds is 4. The SMILES string of the molecule is CC(C)c1ccc(CC(=O)N2CCN(c3ccc(C#N)nn3)C(C)C2)s1. The number of amides is 1. The summed E-state index contributed by atoms with van der Waals surface area (Å²) in [6.07, 6.45) is 0.473. The Morgan fingerprint density at radius 2 is 2.12 bits per heavy atom. The Kier molecular flexibility index (Phi) is 5.52. The van der Waals surface area contributed by atoms with E-state index in [0.717, 1.165) is 17.2 Å². The molecule has 1 aliphatic heterocycles. The number of carbonyl (C=O) groups excluding carboxylic acids is 1. The van der Waals surface area contributed by atoms with Crippen molar-refractivity contribution in [3.63, 3.8) is 0 Å². The van der Waals surface area contributed by atoms with Crippen LogP contribution in [0.25, 0.3) is 0 Å². The third-order valence-corrected chi connectivity index (χ3v) is 6.00. The Morgan fingerprint density at radius 3 is 2.69 bits per heavy atom. The van der Waals surface area contributed by atoms with E-state index in [0.29, 0.717) is 31.1 Å². The van der Waals surface area contributed by atoms with Crippen LogP contribution in [0.1, 0.15) is 42.1 Å². The van der Waals surface area contributed by atoms with Crippen molar-refractivity contribution in [2.24, 2.45) is 0 Å². The second kappa shape index (κ2) is 7.83. The lowest BCUT2D eigenvalue weighted by Gasteiger charge is -2.40. The van der Waals surface area contributed by atoms with Gasteiger partial charge in [-0.05, 0) is 37.1 Å². The van der Waals surface area contributed by atoms with Crippen LogP contribution in [0.5, 0.6) is 0 Å². The van der Waals surface area contributed by atoms with Gasteiger partial charge < -0.3 is 9.80 Å². The zero-order valence-electron chi connectivity index (χ0n) is 15.3. The van der Waals surface area contributed by atoms with Gasteiger partial charge in [-0.15, -0.1) is 21.5 Å². The maximum Gasteiger partial charge on any atom is 0.227 e. The predicted octanol–water partition coefficient (Wildman–Crippen LogP) is 2.81. The molecule has 0 radical (unpaired) electrons. The molecule has 2 aromatic heterocycles. The number of aromatic nitrogens is 2. The molecule has 6 nitrogen and oxygen atoms in total. The van der Waals surface area contributed by atoms with E-state index >= 15 is 0 Å². The molecule has 1 atom stereocenters. The third-order valence-electron chi connectivity index (χ3n) is 4.62. The number of hydrogen-bond acceptors (Lipinski definition) is 6. The van der Waals surface area contributed by atoms with Crippen LogP contribution in [0.2, 0.25) is 0 Å². The average molecular weight is 369 g/mol. The Balaban J connectivity index is 1.60. The van der Waals surface area contributed by atoms with Gasteiger partial charge in [0.25, 0.3) is 0 Å². The molecule has 0 aliphatic carbocycles. The molecule has 1 saturated heterocycles. The minimum atomic E-state index is 0.157. The Hall–Kier alpha value is -2.46. The highest BCUT2D eigenvalue weighted by Gasteiger charge is 2.28. The molecule has 0 bridgehead atoms. The van der Waals surface area contributed by atoms with Crippen LogP contribution in [0.15, 0.2) is 24.3 Å². The first-order valence-corrected chi connectivity index (χ1v) is 9.66. The molecule has 0 N–H and O–H groups in total. The van der Waals surface area contributed by atoms with E-state index in [2.05, 4.69) is 48.0 Å². The molecule has 7 heteroatoms. The first-order valence-electron chi connectivity index (χ1n) is 8.84. The third kappa shape index (κ3) is 4.02. The Morgan fingerprint density at radius 1 is 1.31 bits per heavy atom. The largest absolute Gasteiger partial charge is 0.349 e. The van der Waals surface area contributed by atoms with E-state index in [1.165, 1.54) is 4.88 Å². The molecular formula is C19H23N5OS. The summed E-state index contributed by atoms with van der Waals surface area (Å²) in [5.41, 5.74) is 0.312. The molecular weight excluding hydrogens is 346 g/mol. The first-order chi connectivity index (χ1) is 12.5. The van der Waals surface area contributed by atoms with Crippen molar-refractivity contribution < 1.29 is 4.79 Å². The average Bonchev–Trinajstić information content (AvgIpc) is 3.10. The number of carbonyl (C=O) groups is 1. The van der Waals surface area contributed by atoms with Gasteiger partial charge in [0.05, 0.1) is 6.42 Å². The quantitative estimate of drug-likeness (QED) is 0.828. The van der Waals surface area contributed by atoms with Crippen molar-refractivity contribution in [1.82, 2.24) is 15.1 Å². The lowest BCUT2D eigenvalue weighted by atomic mass is 10.1. The van der Waals surface area contributed by atoms with Crippen LogP contribution in [0.3, 0.4) is 0 Å². The van der Waals surface area contributed by atoms with Gasteiger partial charge >= 0.3 is 0 Å². The topological polar surface area (TPSA) is 73.1 Å². The van der Waals surface area contributed by atoms with Gasteiger partial charge in [0.15, 0.2) is 11.5 Å². The second-order valence-corrected chi connectivity index (χ2v) is 8.11. The van der Waals surface area contributed by atoms with Crippen LogP contribution >= 0.6 is 11.3 Å². The van der Waals surface area contributed by atoms with E-state index in [-0.39, 0.29) is 11.9 Å². The summed E-state index contributed by atoms with van der Waals surface area (Å²) in [5, 5.41) is 16.9. The molecule has 1 amide bonds. The number of piperazine rings is 1. The predicted molar refractivity (Wildman–Crippen MR) is 102 cm³/mol. The van der Waals surface area contributed by atoms with Crippen molar-refractivity contribution in [3.8, 4) is 6.07 Å². The fourth-order valence-electron chi connectivity index (χ4n) is 3.12. The first kappa shape index (κ1) is 18.3. The standard InChI is InChI=1S/C19H23N5OS/c1-13(2)17-6-5-16(26-17)10-19(25)23-8-9-24(14(3)12-23)18-7-4-15(11-20)21-22-18/h4-7,13-14H,8-10,12H2,1-3H3. The van der Waals surface area contributed by atoms with Gasteiger partial charge in [0.2, 0.25) is 5.91 Å². The fraction of sp³-hybridized carbons (Fsp3) is 0.474. The van der Waals surface area contributed by atoms with E-state index in [9.17, 15) is 4.79 Å². The van der Waals surface area contributed by atoms with E-state index < -0.39 is 0 Å². The van der Waals surface area contributed by atoms with Crippen molar-refractivity contribution in [2.45, 2.75) is 39.2 Å². The van der Waals surface area contributed by atoms with Crippen molar-refractivity contribution in [3.05, 3.63) is 39.7 Å². The van der Waals surface area contributed by atoms with E-state index in [1.54, 1.807) is 17.4 Å². The molecule has 0 spiro atoms. The summed E-state index contributed by atoms with van der Waals surface area (Å²) < 4.78 is 0. The van der Waals surface area contributed by atoms with Crippen molar-refractivity contribution in [2.75, 3.05) is 24.5 Å². The molecule has 1 unspecified atom stereocenters. The van der Waals surface area contributed by atoms with Crippen LogP contribution in [-0.2, 0) is 11.2 Å². The molecule has 0 aromatic carbocycles. The van der Waals surface area contributed by atoms with Gasteiger partial charge in [0.1, 0.15) is 6.07 Å². The number of hydrogen-bond donors (Lipinski definition) is 0. The summed E-state index contributed by atoms with van der Waals surface area (Å²) in [6, 6.07) is 9.83. The Bertz CT molecular complexity index is 808. The smallest absolute Gasteiger partial charge is 0.227 e. The zero-order chi connectivity index (χ0) is 18.7. The normalized spacial score (nSPS) is 17.4. The number of nitriles is 1. The summed E-state index contributed by atoms with van der Waals surface area (Å²) in [4.78, 5) is 19.2. The van der Waals surface area contributed by atoms with Crippen LogP contribution in [0, 0.1) is 11.3 Å². The maximum absolute atomic E-state index is 12.7. The maximum atomic E-state index is 12.7. The van der Waals surface area contributed by atoms with Gasteiger partial charge in [-0.3, -0.25) is 4.79 Å². The Labute approximate surface area is 158 Å². The highest BCUT2D eigenvalue weighted by Crippen LogP contribution is 2.25. The van der Waals surface area contributed by atoms with Gasteiger partial charge in [-0.2, -0.15) is 5.26 Å². The molecule has 26 heavy (non-hydrogen) atoms. The molecule has 3 rings (SSSR count). The van der Waals surface area contributed by atoms with Crippen LogP contribution in [0.4, 0.5) is 5.82 Å². The summed E-state index contributed by atoms with van der Waals surface area (Å²) in [5.74, 6) is 1.43. The molecule has 1 aliphatic rings. The number of thiophene rings is 1. The van der Waals surface area contributed by atoms with E-state index in [1.807, 2.05) is 17.0 Å². The number of anilines is 1. The highest BCUT2D eigenvalue weighted by molar-refractivity contribution is 7.12. The lowest BCUT2D eigenvalue weighted by Crippen LogP contribution is -2.54. The molecule has 1 fully saturated rings. The minimum Gasteiger partial charge on any atom is -0.349 e. The lowest BCUT2D eigenvalue weighted by molar-refractivity contribution is -0.131. The van der Waals surface area contributed by atoms with Gasteiger partial charge in [0, 0.05) is 35.4 Å². The van der Waals surface area contributed by atoms with Crippen LogP contribution in [-0.4, -0.2) is 46.7 Å². The second-order valence-electron chi connectivity index (χ2n) is 6.91. The summed E-state index contributed by atoms with van der Waals surface area (Å²) in [6.45, 7) is 8.49. The molecule has 0 saturated carbocycles. The van der Waals surface area contributed by atoms with Crippen molar-refractivity contribution >= 4 is 23.1 Å².